The number of nitrogens with one attached hydrogen (secondary N) is 3. The van der Waals surface area contributed by atoms with Crippen LogP contribution in [0.5, 0.6) is 11.5 Å². The van der Waals surface area contributed by atoms with Gasteiger partial charge in [0.2, 0.25) is 15.9 Å². The minimum atomic E-state index is -3.30. The van der Waals surface area contributed by atoms with E-state index in [9.17, 15) is 13.2 Å². The van der Waals surface area contributed by atoms with Crippen LogP contribution in [-0.2, 0) is 21.4 Å². The predicted octanol–water partition coefficient (Wildman–Crippen LogP) is 4.66. The summed E-state index contributed by atoms with van der Waals surface area (Å²) in [7, 11) is -3.30. The number of amides is 1. The van der Waals surface area contributed by atoms with Crippen molar-refractivity contribution in [3.63, 3.8) is 0 Å². The number of sulfonamides is 1. The lowest BCUT2D eigenvalue weighted by Gasteiger charge is -2.34. The quantitative estimate of drug-likeness (QED) is 0.388. The molecule has 1 heterocycles. The lowest BCUT2D eigenvalue weighted by atomic mass is 9.95. The molecule has 38 heavy (non-hydrogen) atoms. The first-order valence-corrected chi connectivity index (χ1v) is 15.3. The van der Waals surface area contributed by atoms with E-state index in [0.29, 0.717) is 23.5 Å². The standard InChI is InChI=1S/C28H40N4O4S.ClH/c1-21(28(33)30-23-6-4-3-5-7-23)29-24-16-18-32(19-17-24)20-22-8-12-26(13-9-22)36-27-14-10-25(11-15-27)31-37(2,34)35;/h8-15,21,23-24,29,31H,3-7,16-20H2,1-2H3,(H,30,33);1H. The van der Waals surface area contributed by atoms with Crippen LogP contribution < -0.4 is 20.1 Å². The fourth-order valence-corrected chi connectivity index (χ4v) is 5.69. The predicted molar refractivity (Wildman–Crippen MR) is 155 cm³/mol. The summed E-state index contributed by atoms with van der Waals surface area (Å²) in [5.41, 5.74) is 1.73. The molecule has 0 radical (unpaired) electrons. The van der Waals surface area contributed by atoms with Gasteiger partial charge in [0, 0.05) is 24.3 Å². The van der Waals surface area contributed by atoms with Crippen molar-refractivity contribution in [3.8, 4) is 11.5 Å². The smallest absolute Gasteiger partial charge is 0.237 e. The van der Waals surface area contributed by atoms with Gasteiger partial charge in [0.1, 0.15) is 11.5 Å². The summed E-state index contributed by atoms with van der Waals surface area (Å²) >= 11 is 0. The van der Waals surface area contributed by atoms with Gasteiger partial charge in [-0.25, -0.2) is 8.42 Å². The van der Waals surface area contributed by atoms with E-state index in [1.54, 1.807) is 24.3 Å². The number of likely N-dealkylation sites (tertiary alicyclic amines) is 1. The highest BCUT2D eigenvalue weighted by Crippen LogP contribution is 2.24. The number of hydrogen-bond donors (Lipinski definition) is 3. The van der Waals surface area contributed by atoms with E-state index in [-0.39, 0.29) is 24.4 Å². The number of hydrogen-bond acceptors (Lipinski definition) is 6. The second-order valence-corrected chi connectivity index (χ2v) is 12.2. The van der Waals surface area contributed by atoms with Gasteiger partial charge in [0.15, 0.2) is 0 Å². The van der Waals surface area contributed by atoms with E-state index in [4.69, 9.17) is 4.74 Å². The van der Waals surface area contributed by atoms with Crippen molar-refractivity contribution >= 4 is 34.0 Å². The summed E-state index contributed by atoms with van der Waals surface area (Å²) < 4.78 is 31.0. The second kappa shape index (κ2) is 14.2. The van der Waals surface area contributed by atoms with Crippen LogP contribution >= 0.6 is 12.4 Å². The number of rotatable bonds is 10. The topological polar surface area (TPSA) is 99.8 Å². The van der Waals surface area contributed by atoms with E-state index in [0.717, 1.165) is 57.3 Å². The van der Waals surface area contributed by atoms with Crippen molar-refractivity contribution in [1.82, 2.24) is 15.5 Å². The number of ether oxygens (including phenoxy) is 1. The third-order valence-electron chi connectivity index (χ3n) is 7.14. The first-order chi connectivity index (χ1) is 17.7. The molecule has 8 nitrogen and oxygen atoms in total. The van der Waals surface area contributed by atoms with Gasteiger partial charge in [0.25, 0.3) is 0 Å². The normalized spacial score (nSPS) is 18.3. The van der Waals surface area contributed by atoms with Crippen LogP contribution in [0.2, 0.25) is 0 Å². The van der Waals surface area contributed by atoms with Crippen LogP contribution in [0.1, 0.15) is 57.4 Å². The van der Waals surface area contributed by atoms with Crippen LogP contribution in [0.3, 0.4) is 0 Å². The summed E-state index contributed by atoms with van der Waals surface area (Å²) in [6.07, 6.45) is 9.16. The maximum atomic E-state index is 12.6. The Balaban J connectivity index is 0.00000400. The van der Waals surface area contributed by atoms with Crippen LogP contribution in [0.4, 0.5) is 5.69 Å². The maximum Gasteiger partial charge on any atom is 0.237 e. The van der Waals surface area contributed by atoms with Gasteiger partial charge in [-0.05, 0) is 87.7 Å². The molecule has 2 aromatic rings. The molecule has 1 aliphatic carbocycles. The molecule has 1 atom stereocenters. The van der Waals surface area contributed by atoms with Crippen LogP contribution in [-0.4, -0.2) is 56.7 Å². The zero-order valence-corrected chi connectivity index (χ0v) is 24.0. The molecule has 0 bridgehead atoms. The Labute approximate surface area is 233 Å². The van der Waals surface area contributed by atoms with Crippen LogP contribution in [0.25, 0.3) is 0 Å². The molecule has 0 spiro atoms. The largest absolute Gasteiger partial charge is 0.457 e. The zero-order valence-electron chi connectivity index (χ0n) is 22.3. The summed E-state index contributed by atoms with van der Waals surface area (Å²) in [5, 5.41) is 6.78. The Morgan fingerprint density at radius 3 is 2.08 bits per heavy atom. The van der Waals surface area contributed by atoms with Gasteiger partial charge < -0.3 is 15.4 Å². The van der Waals surface area contributed by atoms with E-state index >= 15 is 0 Å². The van der Waals surface area contributed by atoms with Crippen molar-refractivity contribution in [2.45, 2.75) is 76.5 Å². The van der Waals surface area contributed by atoms with Crippen molar-refractivity contribution in [2.24, 2.45) is 0 Å². The second-order valence-electron chi connectivity index (χ2n) is 10.4. The highest BCUT2D eigenvalue weighted by molar-refractivity contribution is 7.92. The molecule has 1 aliphatic heterocycles. The van der Waals surface area contributed by atoms with E-state index in [1.165, 1.54) is 24.8 Å². The molecule has 2 aromatic carbocycles. The molecule has 4 rings (SSSR count). The molecule has 1 saturated carbocycles. The Morgan fingerprint density at radius 1 is 0.921 bits per heavy atom. The number of benzene rings is 2. The molecule has 0 aromatic heterocycles. The fraction of sp³-hybridized carbons (Fsp3) is 0.536. The number of carbonyl (C=O) groups is 1. The molecule has 10 heteroatoms. The fourth-order valence-electron chi connectivity index (χ4n) is 5.12. The summed E-state index contributed by atoms with van der Waals surface area (Å²) in [6, 6.07) is 15.5. The molecule has 3 N–H and O–H groups in total. The molecular formula is C28H41ClN4O4S. The third-order valence-corrected chi connectivity index (χ3v) is 7.75. The highest BCUT2D eigenvalue weighted by atomic mass is 35.5. The minimum Gasteiger partial charge on any atom is -0.457 e. The molecule has 2 fully saturated rings. The van der Waals surface area contributed by atoms with E-state index in [2.05, 4.69) is 32.4 Å². The monoisotopic (exact) mass is 564 g/mol. The summed E-state index contributed by atoms with van der Waals surface area (Å²) in [5.74, 6) is 1.51. The molecule has 210 valence electrons. The molecular weight excluding hydrogens is 524 g/mol. The lowest BCUT2D eigenvalue weighted by molar-refractivity contribution is -0.124. The number of nitrogens with zero attached hydrogens (tertiary/aromatic N) is 1. The number of halogens is 1. The molecule has 1 saturated heterocycles. The van der Waals surface area contributed by atoms with Crippen LogP contribution in [0, 0.1) is 0 Å². The Morgan fingerprint density at radius 2 is 1.50 bits per heavy atom. The van der Waals surface area contributed by atoms with Gasteiger partial charge in [-0.2, -0.15) is 0 Å². The first-order valence-electron chi connectivity index (χ1n) is 13.4. The first kappa shape index (κ1) is 30.2. The number of anilines is 1. The third kappa shape index (κ3) is 9.76. The summed E-state index contributed by atoms with van der Waals surface area (Å²) in [6.45, 7) is 4.87. The average Bonchev–Trinajstić information content (AvgIpc) is 2.87. The van der Waals surface area contributed by atoms with Crippen molar-refractivity contribution < 1.29 is 17.9 Å². The van der Waals surface area contributed by atoms with Crippen molar-refractivity contribution in [3.05, 3.63) is 54.1 Å². The maximum absolute atomic E-state index is 12.6. The summed E-state index contributed by atoms with van der Waals surface area (Å²) in [4.78, 5) is 15.0. The minimum absolute atomic E-state index is 0. The SMILES string of the molecule is CC(NC1CCN(Cc2ccc(Oc3ccc(NS(C)(=O)=O)cc3)cc2)CC1)C(=O)NC1CCCCC1.Cl. The molecule has 2 aliphatic rings. The van der Waals surface area contributed by atoms with Gasteiger partial charge in [0.05, 0.1) is 12.3 Å². The van der Waals surface area contributed by atoms with Crippen molar-refractivity contribution in [1.29, 1.82) is 0 Å². The number of carbonyl (C=O) groups excluding carboxylic acids is 1. The molecule has 1 amide bonds. The Bertz CT molecular complexity index is 1110. The van der Waals surface area contributed by atoms with Crippen LogP contribution in [0.15, 0.2) is 48.5 Å². The Hall–Kier alpha value is -2.33. The molecule has 1 unspecified atom stereocenters. The number of piperidine rings is 1. The zero-order chi connectivity index (χ0) is 26.3. The van der Waals surface area contributed by atoms with Gasteiger partial charge in [-0.15, -0.1) is 12.4 Å². The van der Waals surface area contributed by atoms with E-state index < -0.39 is 10.0 Å². The average molecular weight is 565 g/mol. The highest BCUT2D eigenvalue weighted by Gasteiger charge is 2.24. The van der Waals surface area contributed by atoms with Crippen molar-refractivity contribution in [2.75, 3.05) is 24.1 Å². The Kier molecular flexibility index (Phi) is 11.3. The van der Waals surface area contributed by atoms with Gasteiger partial charge >= 0.3 is 0 Å². The van der Waals surface area contributed by atoms with Gasteiger partial charge in [-0.1, -0.05) is 31.4 Å². The van der Waals surface area contributed by atoms with Gasteiger partial charge in [-0.3, -0.25) is 14.4 Å². The van der Waals surface area contributed by atoms with E-state index in [1.807, 2.05) is 19.1 Å². The lowest BCUT2D eigenvalue weighted by Crippen LogP contribution is -2.52.